The van der Waals surface area contributed by atoms with Crippen molar-refractivity contribution in [3.8, 4) is 0 Å². The Labute approximate surface area is 91.6 Å². The largest absolute Gasteiger partial charge is 0.390 e. The van der Waals surface area contributed by atoms with Gasteiger partial charge in [-0.25, -0.2) is 0 Å². The van der Waals surface area contributed by atoms with Gasteiger partial charge in [0.05, 0.1) is 12.1 Å². The summed E-state index contributed by atoms with van der Waals surface area (Å²) in [4.78, 5) is 13.7. The molecule has 0 aromatic heterocycles. The standard InChI is InChI=1S/C11H22N2O2/c1-7(2)8(3)11(15)13(4)9-5-12-6-10(9)14/h7-10,12,14H,5-6H2,1-4H3/t8?,9-,10-/m1/s1. The summed E-state index contributed by atoms with van der Waals surface area (Å²) in [5, 5.41) is 12.8. The van der Waals surface area contributed by atoms with Crippen LogP contribution in [0.1, 0.15) is 20.8 Å². The van der Waals surface area contributed by atoms with Crippen molar-refractivity contribution in [3.05, 3.63) is 0 Å². The molecule has 0 spiro atoms. The molecule has 1 aliphatic rings. The highest BCUT2D eigenvalue weighted by atomic mass is 16.3. The lowest BCUT2D eigenvalue weighted by molar-refractivity contribution is -0.138. The van der Waals surface area contributed by atoms with E-state index in [2.05, 4.69) is 5.32 Å². The molecule has 0 aliphatic carbocycles. The number of nitrogens with zero attached hydrogens (tertiary/aromatic N) is 1. The molecule has 0 aromatic carbocycles. The van der Waals surface area contributed by atoms with Crippen molar-refractivity contribution in [2.45, 2.75) is 32.9 Å². The molecule has 1 fully saturated rings. The molecule has 2 N–H and O–H groups in total. The molecule has 3 atom stereocenters. The van der Waals surface area contributed by atoms with E-state index in [0.717, 1.165) is 0 Å². The van der Waals surface area contributed by atoms with Crippen molar-refractivity contribution in [1.82, 2.24) is 10.2 Å². The van der Waals surface area contributed by atoms with Gasteiger partial charge in [0.2, 0.25) is 5.91 Å². The van der Waals surface area contributed by atoms with Gasteiger partial charge in [-0.3, -0.25) is 4.79 Å². The molecular weight excluding hydrogens is 192 g/mol. The molecule has 1 saturated heterocycles. The zero-order valence-electron chi connectivity index (χ0n) is 10.0. The number of likely N-dealkylation sites (N-methyl/N-ethyl adjacent to an activating group) is 1. The zero-order chi connectivity index (χ0) is 11.6. The van der Waals surface area contributed by atoms with Crippen LogP contribution in [0.2, 0.25) is 0 Å². The van der Waals surface area contributed by atoms with E-state index in [1.54, 1.807) is 11.9 Å². The number of hydrogen-bond acceptors (Lipinski definition) is 3. The van der Waals surface area contributed by atoms with Crippen LogP contribution in [0.15, 0.2) is 0 Å². The first-order valence-corrected chi connectivity index (χ1v) is 5.60. The Balaban J connectivity index is 2.59. The Hall–Kier alpha value is -0.610. The Bertz CT molecular complexity index is 231. The highest BCUT2D eigenvalue weighted by Gasteiger charge is 2.33. The fourth-order valence-electron chi connectivity index (χ4n) is 1.82. The molecule has 1 amide bonds. The van der Waals surface area contributed by atoms with Gasteiger partial charge in [0.25, 0.3) is 0 Å². The molecule has 0 bridgehead atoms. The van der Waals surface area contributed by atoms with Gasteiger partial charge in [0.1, 0.15) is 0 Å². The van der Waals surface area contributed by atoms with Crippen molar-refractivity contribution in [3.63, 3.8) is 0 Å². The first-order chi connectivity index (χ1) is 6.95. The van der Waals surface area contributed by atoms with Gasteiger partial charge < -0.3 is 15.3 Å². The van der Waals surface area contributed by atoms with Gasteiger partial charge in [-0.05, 0) is 5.92 Å². The Kier molecular flexibility index (Phi) is 4.11. The van der Waals surface area contributed by atoms with Crippen LogP contribution in [0.25, 0.3) is 0 Å². The van der Waals surface area contributed by atoms with Crippen LogP contribution < -0.4 is 5.32 Å². The molecule has 0 aromatic rings. The van der Waals surface area contributed by atoms with Crippen molar-refractivity contribution in [2.75, 3.05) is 20.1 Å². The highest BCUT2D eigenvalue weighted by Crippen LogP contribution is 2.16. The topological polar surface area (TPSA) is 52.6 Å². The van der Waals surface area contributed by atoms with Crippen molar-refractivity contribution < 1.29 is 9.90 Å². The van der Waals surface area contributed by atoms with E-state index < -0.39 is 6.10 Å². The van der Waals surface area contributed by atoms with E-state index in [1.807, 2.05) is 20.8 Å². The number of β-amino-alcohol motifs (C(OH)–C–C–N with tert-alkyl or cyclic N) is 1. The lowest BCUT2D eigenvalue weighted by Crippen LogP contribution is -2.47. The minimum Gasteiger partial charge on any atom is -0.390 e. The predicted molar refractivity (Wildman–Crippen MR) is 59.4 cm³/mol. The molecule has 4 heteroatoms. The number of rotatable bonds is 3. The second-order valence-corrected chi connectivity index (χ2v) is 4.77. The quantitative estimate of drug-likeness (QED) is 0.699. The number of aliphatic hydroxyl groups is 1. The van der Waals surface area contributed by atoms with E-state index in [4.69, 9.17) is 0 Å². The fraction of sp³-hybridized carbons (Fsp3) is 0.909. The van der Waals surface area contributed by atoms with E-state index in [-0.39, 0.29) is 17.9 Å². The van der Waals surface area contributed by atoms with E-state index in [9.17, 15) is 9.90 Å². The van der Waals surface area contributed by atoms with Crippen molar-refractivity contribution in [2.24, 2.45) is 11.8 Å². The summed E-state index contributed by atoms with van der Waals surface area (Å²) in [5.41, 5.74) is 0. The van der Waals surface area contributed by atoms with E-state index in [1.165, 1.54) is 0 Å². The number of amides is 1. The number of carbonyl (C=O) groups excluding carboxylic acids is 1. The van der Waals surface area contributed by atoms with Gasteiger partial charge >= 0.3 is 0 Å². The number of aliphatic hydroxyl groups excluding tert-OH is 1. The van der Waals surface area contributed by atoms with E-state index >= 15 is 0 Å². The Morgan fingerprint density at radius 1 is 1.40 bits per heavy atom. The van der Waals surface area contributed by atoms with Crippen LogP contribution in [0.3, 0.4) is 0 Å². The van der Waals surface area contributed by atoms with Gasteiger partial charge in [-0.15, -0.1) is 0 Å². The lowest BCUT2D eigenvalue weighted by atomic mass is 9.96. The summed E-state index contributed by atoms with van der Waals surface area (Å²) in [7, 11) is 1.78. The van der Waals surface area contributed by atoms with Crippen molar-refractivity contribution >= 4 is 5.91 Å². The van der Waals surface area contributed by atoms with Crippen molar-refractivity contribution in [1.29, 1.82) is 0 Å². The normalized spacial score (nSPS) is 28.1. The maximum absolute atomic E-state index is 12.0. The average Bonchev–Trinajstić information content (AvgIpc) is 2.60. The summed E-state index contributed by atoms with van der Waals surface area (Å²) in [6, 6.07) is -0.0706. The van der Waals surface area contributed by atoms with Crippen LogP contribution in [-0.4, -0.2) is 48.2 Å². The van der Waals surface area contributed by atoms with Crippen LogP contribution in [0, 0.1) is 11.8 Å². The minimum atomic E-state index is -0.432. The predicted octanol–water partition coefficient (Wildman–Crippen LogP) is 0.0696. The maximum Gasteiger partial charge on any atom is 0.225 e. The Morgan fingerprint density at radius 2 is 2.00 bits per heavy atom. The maximum atomic E-state index is 12.0. The molecule has 88 valence electrons. The molecule has 1 aliphatic heterocycles. The molecule has 0 saturated carbocycles. The summed E-state index contributed by atoms with van der Waals surface area (Å²) in [6.45, 7) is 7.30. The van der Waals surface area contributed by atoms with Crippen LogP contribution in [0.4, 0.5) is 0 Å². The fourth-order valence-corrected chi connectivity index (χ4v) is 1.82. The Morgan fingerprint density at radius 3 is 2.40 bits per heavy atom. The molecule has 1 heterocycles. The summed E-state index contributed by atoms with van der Waals surface area (Å²) in [5.74, 6) is 0.479. The third-order valence-electron chi connectivity index (χ3n) is 3.39. The third-order valence-corrected chi connectivity index (χ3v) is 3.39. The molecule has 4 nitrogen and oxygen atoms in total. The lowest BCUT2D eigenvalue weighted by Gasteiger charge is -2.30. The molecule has 1 rings (SSSR count). The summed E-state index contributed by atoms with van der Waals surface area (Å²) < 4.78 is 0. The third kappa shape index (κ3) is 2.69. The van der Waals surface area contributed by atoms with Crippen LogP contribution >= 0.6 is 0 Å². The molecule has 1 unspecified atom stereocenters. The SMILES string of the molecule is CC(C)C(C)C(=O)N(C)[C@@H]1CNC[C@H]1O. The van der Waals surface area contributed by atoms with Crippen LogP contribution in [-0.2, 0) is 4.79 Å². The second-order valence-electron chi connectivity index (χ2n) is 4.77. The summed E-state index contributed by atoms with van der Waals surface area (Å²) >= 11 is 0. The number of nitrogens with one attached hydrogen (secondary N) is 1. The van der Waals surface area contributed by atoms with Gasteiger partial charge in [0, 0.05) is 26.1 Å². The number of carbonyl (C=O) groups is 1. The summed E-state index contributed by atoms with van der Waals surface area (Å²) in [6.07, 6.45) is -0.432. The smallest absolute Gasteiger partial charge is 0.225 e. The average molecular weight is 214 g/mol. The monoisotopic (exact) mass is 214 g/mol. The molecular formula is C11H22N2O2. The van der Waals surface area contributed by atoms with Gasteiger partial charge in [-0.1, -0.05) is 20.8 Å². The highest BCUT2D eigenvalue weighted by molar-refractivity contribution is 5.78. The zero-order valence-corrected chi connectivity index (χ0v) is 10.0. The molecule has 0 radical (unpaired) electrons. The molecule has 15 heavy (non-hydrogen) atoms. The second kappa shape index (κ2) is 4.94. The van der Waals surface area contributed by atoms with Gasteiger partial charge in [-0.2, -0.15) is 0 Å². The first-order valence-electron chi connectivity index (χ1n) is 5.60. The van der Waals surface area contributed by atoms with Crippen LogP contribution in [0.5, 0.6) is 0 Å². The first kappa shape index (κ1) is 12.5. The van der Waals surface area contributed by atoms with E-state index in [0.29, 0.717) is 19.0 Å². The number of hydrogen-bond donors (Lipinski definition) is 2. The minimum absolute atomic E-state index is 0.0165. The van der Waals surface area contributed by atoms with Gasteiger partial charge in [0.15, 0.2) is 0 Å².